The minimum absolute atomic E-state index is 0.341. The molecule has 0 bridgehead atoms. The molecule has 0 fully saturated rings. The maximum atomic E-state index is 14.3. The number of thiazole rings is 1. The summed E-state index contributed by atoms with van der Waals surface area (Å²) < 4.78 is 37.5. The third-order valence-electron chi connectivity index (χ3n) is 4.40. The Hall–Kier alpha value is -2.33. The number of benzene rings is 2. The molecule has 0 aliphatic heterocycles. The van der Waals surface area contributed by atoms with Crippen LogP contribution in [0.3, 0.4) is 0 Å². The van der Waals surface area contributed by atoms with Gasteiger partial charge in [-0.25, -0.2) is 27.8 Å². The monoisotopic (exact) mass is 496 g/mol. The quantitative estimate of drug-likeness (QED) is 0.388. The van der Waals surface area contributed by atoms with E-state index in [9.17, 15) is 12.8 Å². The van der Waals surface area contributed by atoms with Gasteiger partial charge in [0.15, 0.2) is 15.7 Å². The minimum Gasteiger partial charge on any atom is -0.338 e. The Morgan fingerprint density at radius 1 is 1.10 bits per heavy atom. The van der Waals surface area contributed by atoms with Gasteiger partial charge in [-0.3, -0.25) is 0 Å². The molecular formula is C20H15Cl2FN4O2S2. The summed E-state index contributed by atoms with van der Waals surface area (Å²) in [4.78, 5) is 13.7. The van der Waals surface area contributed by atoms with Crippen molar-refractivity contribution < 1.29 is 12.8 Å². The summed E-state index contributed by atoms with van der Waals surface area (Å²) in [7, 11) is -3.66. The van der Waals surface area contributed by atoms with E-state index in [1.807, 2.05) is 0 Å². The van der Waals surface area contributed by atoms with Crippen LogP contribution in [0.15, 0.2) is 41.3 Å². The smallest absolute Gasteiger partial charge is 0.178 e. The van der Waals surface area contributed by atoms with Gasteiger partial charge in [0.25, 0.3) is 0 Å². The zero-order valence-electron chi connectivity index (χ0n) is 16.3. The van der Waals surface area contributed by atoms with E-state index in [1.54, 1.807) is 25.1 Å². The molecule has 4 aromatic rings. The van der Waals surface area contributed by atoms with Crippen molar-refractivity contribution in [3.63, 3.8) is 0 Å². The lowest BCUT2D eigenvalue weighted by Gasteiger charge is -2.08. The fourth-order valence-corrected chi connectivity index (χ4v) is 5.26. The lowest BCUT2D eigenvalue weighted by Crippen LogP contribution is -2.03. The van der Waals surface area contributed by atoms with Crippen LogP contribution in [0, 0.1) is 12.7 Å². The van der Waals surface area contributed by atoms with Crippen molar-refractivity contribution in [2.24, 2.45) is 0 Å². The Bertz CT molecular complexity index is 1400. The van der Waals surface area contributed by atoms with Crippen LogP contribution in [-0.4, -0.2) is 29.6 Å². The Kier molecular flexibility index (Phi) is 5.87. The molecule has 4 rings (SSSR count). The molecule has 0 radical (unpaired) electrons. The van der Waals surface area contributed by atoms with Crippen molar-refractivity contribution in [2.45, 2.75) is 18.2 Å². The highest BCUT2D eigenvalue weighted by molar-refractivity contribution is 7.90. The van der Waals surface area contributed by atoms with E-state index >= 15 is 0 Å². The van der Waals surface area contributed by atoms with Gasteiger partial charge in [0.2, 0.25) is 0 Å². The molecule has 1 N–H and O–H groups in total. The second kappa shape index (κ2) is 8.31. The number of anilines is 2. The topological polar surface area (TPSA) is 84.8 Å². The third kappa shape index (κ3) is 4.64. The number of sulfone groups is 1. The second-order valence-corrected chi connectivity index (χ2v) is 10.7. The van der Waals surface area contributed by atoms with E-state index in [2.05, 4.69) is 20.3 Å². The number of aryl methyl sites for hydroxylation is 1. The van der Waals surface area contributed by atoms with Gasteiger partial charge in [-0.2, -0.15) is 0 Å². The average molecular weight is 497 g/mol. The molecule has 0 saturated carbocycles. The Labute approximate surface area is 192 Å². The van der Waals surface area contributed by atoms with Gasteiger partial charge in [-0.05, 0) is 42.8 Å². The van der Waals surface area contributed by atoms with Crippen molar-refractivity contribution in [3.05, 3.63) is 68.7 Å². The Morgan fingerprint density at radius 3 is 2.45 bits per heavy atom. The summed E-state index contributed by atoms with van der Waals surface area (Å²) in [5.41, 5.74) is 1.62. The van der Waals surface area contributed by atoms with E-state index in [0.29, 0.717) is 44.1 Å². The molecule has 0 aliphatic carbocycles. The molecule has 2 heterocycles. The number of nitrogens with zero attached hydrogens (tertiary/aromatic N) is 3. The largest absolute Gasteiger partial charge is 0.338 e. The van der Waals surface area contributed by atoms with E-state index in [4.69, 9.17) is 23.2 Å². The Morgan fingerprint density at radius 2 is 1.81 bits per heavy atom. The zero-order chi connectivity index (χ0) is 22.3. The lowest BCUT2D eigenvalue weighted by atomic mass is 10.1. The number of aromatic nitrogens is 3. The van der Waals surface area contributed by atoms with Crippen LogP contribution in [0.2, 0.25) is 10.0 Å². The summed E-state index contributed by atoms with van der Waals surface area (Å²) >= 11 is 13.9. The Balaban J connectivity index is 1.71. The molecule has 0 unspecified atom stereocenters. The number of hydrogen-bond acceptors (Lipinski definition) is 7. The van der Waals surface area contributed by atoms with Gasteiger partial charge in [-0.15, -0.1) is 0 Å². The fraction of sp³-hybridized carbons (Fsp3) is 0.150. The van der Waals surface area contributed by atoms with Crippen molar-refractivity contribution in [1.29, 1.82) is 0 Å². The highest BCUT2D eigenvalue weighted by Crippen LogP contribution is 2.32. The molecular weight excluding hydrogens is 482 g/mol. The summed E-state index contributed by atoms with van der Waals surface area (Å²) in [5.74, 6) is 0.0535. The van der Waals surface area contributed by atoms with E-state index in [0.717, 1.165) is 22.9 Å². The lowest BCUT2D eigenvalue weighted by molar-refractivity contribution is 0.571. The highest BCUT2D eigenvalue weighted by atomic mass is 35.5. The summed E-state index contributed by atoms with van der Waals surface area (Å²) in [6.07, 6.45) is 1.38. The molecule has 160 valence electrons. The predicted octanol–water partition coefficient (Wildman–Crippen LogP) is 5.58. The van der Waals surface area contributed by atoms with Crippen molar-refractivity contribution in [3.8, 4) is 0 Å². The van der Waals surface area contributed by atoms with Gasteiger partial charge < -0.3 is 5.32 Å². The number of halogens is 3. The van der Waals surface area contributed by atoms with Crippen LogP contribution in [0.4, 0.5) is 15.9 Å². The standard InChI is InChI=1S/C20H15Cl2FN4O2S2/c1-10-24-19(26-11-6-7-16(15(23)8-11)31(2,28)29)18-20(25-10)30-17(27-18)9-12-13(21)4-3-5-14(12)22/h3-8H,9H2,1-2H3,(H,24,25,26). The maximum absolute atomic E-state index is 14.3. The van der Waals surface area contributed by atoms with E-state index < -0.39 is 15.7 Å². The first-order chi connectivity index (χ1) is 14.6. The normalized spacial score (nSPS) is 11.8. The van der Waals surface area contributed by atoms with Gasteiger partial charge >= 0.3 is 0 Å². The van der Waals surface area contributed by atoms with Crippen LogP contribution in [0.25, 0.3) is 10.3 Å². The summed E-state index contributed by atoms with van der Waals surface area (Å²) in [6, 6.07) is 9.10. The first-order valence-electron chi connectivity index (χ1n) is 8.95. The molecule has 11 heteroatoms. The van der Waals surface area contributed by atoms with Gasteiger partial charge in [-0.1, -0.05) is 40.6 Å². The molecule has 0 saturated heterocycles. The van der Waals surface area contributed by atoms with Crippen molar-refractivity contribution in [2.75, 3.05) is 11.6 Å². The first-order valence-corrected chi connectivity index (χ1v) is 12.4. The van der Waals surface area contributed by atoms with Crippen LogP contribution >= 0.6 is 34.5 Å². The van der Waals surface area contributed by atoms with E-state index in [1.165, 1.54) is 23.5 Å². The first kappa shape index (κ1) is 21.9. The minimum atomic E-state index is -3.66. The molecule has 0 spiro atoms. The summed E-state index contributed by atoms with van der Waals surface area (Å²) in [5, 5.41) is 4.86. The SMILES string of the molecule is Cc1nc(Nc2ccc(S(C)(=O)=O)c(F)c2)c2nc(Cc3c(Cl)cccc3Cl)sc2n1. The predicted molar refractivity (Wildman–Crippen MR) is 122 cm³/mol. The van der Waals surface area contributed by atoms with Crippen LogP contribution in [0.1, 0.15) is 16.4 Å². The maximum Gasteiger partial charge on any atom is 0.178 e. The second-order valence-electron chi connectivity index (χ2n) is 6.80. The van der Waals surface area contributed by atoms with Crippen LogP contribution in [-0.2, 0) is 16.3 Å². The van der Waals surface area contributed by atoms with Gasteiger partial charge in [0.05, 0.1) is 0 Å². The molecule has 0 amide bonds. The number of rotatable bonds is 5. The van der Waals surface area contributed by atoms with Gasteiger partial charge in [0.1, 0.15) is 31.9 Å². The third-order valence-corrected chi connectivity index (χ3v) is 7.19. The van der Waals surface area contributed by atoms with E-state index in [-0.39, 0.29) is 4.90 Å². The van der Waals surface area contributed by atoms with Crippen LogP contribution < -0.4 is 5.32 Å². The zero-order valence-corrected chi connectivity index (χ0v) is 19.4. The molecule has 0 aliphatic rings. The van der Waals surface area contributed by atoms with Gasteiger partial charge in [0, 0.05) is 28.4 Å². The van der Waals surface area contributed by atoms with Crippen molar-refractivity contribution in [1.82, 2.24) is 15.0 Å². The fourth-order valence-electron chi connectivity index (χ4n) is 3.00. The molecule has 2 aromatic heterocycles. The molecule has 6 nitrogen and oxygen atoms in total. The summed E-state index contributed by atoms with van der Waals surface area (Å²) in [6.45, 7) is 1.74. The van der Waals surface area contributed by atoms with Crippen molar-refractivity contribution >= 4 is 66.2 Å². The molecule has 31 heavy (non-hydrogen) atoms. The molecule has 2 aromatic carbocycles. The van der Waals surface area contributed by atoms with Crippen LogP contribution in [0.5, 0.6) is 0 Å². The number of hydrogen-bond donors (Lipinski definition) is 1. The number of nitrogens with one attached hydrogen (secondary N) is 1. The highest BCUT2D eigenvalue weighted by Gasteiger charge is 2.17. The average Bonchev–Trinajstić information content (AvgIpc) is 3.06. The molecule has 0 atom stereocenters. The number of fused-ring (bicyclic) bond motifs is 1.